The van der Waals surface area contributed by atoms with Crippen LogP contribution in [0.4, 0.5) is 4.79 Å². The molecule has 2 atom stereocenters. The van der Waals surface area contributed by atoms with Crippen molar-refractivity contribution in [1.82, 2.24) is 10.6 Å². The maximum atomic E-state index is 13.0. The fraction of sp³-hybridized carbons (Fsp3) is 0.565. The monoisotopic (exact) mass is 512 g/mol. The molecule has 2 amide bonds. The lowest BCUT2D eigenvalue weighted by molar-refractivity contribution is -0.142. The fourth-order valence-electron chi connectivity index (χ4n) is 3.25. The number of thioether (sulfide) groups is 1. The summed E-state index contributed by atoms with van der Waals surface area (Å²) >= 11 is 1.31. The molecule has 0 spiro atoms. The second-order valence-corrected chi connectivity index (χ2v) is 9.93. The summed E-state index contributed by atoms with van der Waals surface area (Å²) in [5.74, 6) is -1.29. The number of carbonyl (C=O) groups excluding carboxylic acids is 4. The molecule has 1 heterocycles. The van der Waals surface area contributed by atoms with Gasteiger partial charge in [0.1, 0.15) is 36.4 Å². The molecular formula is C23H32N2O9S. The van der Waals surface area contributed by atoms with Crippen LogP contribution in [-0.2, 0) is 29.6 Å². The van der Waals surface area contributed by atoms with Gasteiger partial charge in [0, 0.05) is 35.6 Å². The van der Waals surface area contributed by atoms with Gasteiger partial charge in [-0.1, -0.05) is 0 Å². The molecule has 35 heavy (non-hydrogen) atoms. The molecule has 2 rings (SSSR count). The molecule has 0 saturated heterocycles. The summed E-state index contributed by atoms with van der Waals surface area (Å²) < 4.78 is 20.9. The Balaban J connectivity index is 2.41. The van der Waals surface area contributed by atoms with Gasteiger partial charge in [0.15, 0.2) is 0 Å². The van der Waals surface area contributed by atoms with Gasteiger partial charge in [-0.2, -0.15) is 11.8 Å². The summed E-state index contributed by atoms with van der Waals surface area (Å²) in [6.07, 6.45) is -0.873. The zero-order valence-corrected chi connectivity index (χ0v) is 21.5. The predicted molar refractivity (Wildman–Crippen MR) is 128 cm³/mol. The van der Waals surface area contributed by atoms with E-state index in [-0.39, 0.29) is 29.4 Å². The average molecular weight is 513 g/mol. The molecule has 3 N–H and O–H groups in total. The van der Waals surface area contributed by atoms with Gasteiger partial charge < -0.3 is 34.7 Å². The molecule has 0 bridgehead atoms. The number of aromatic hydroxyl groups is 1. The molecule has 1 aromatic rings. The van der Waals surface area contributed by atoms with Crippen molar-refractivity contribution >= 4 is 35.7 Å². The topological polar surface area (TPSA) is 149 Å². The van der Waals surface area contributed by atoms with Gasteiger partial charge in [-0.3, -0.25) is 9.59 Å². The minimum absolute atomic E-state index is 0.104. The van der Waals surface area contributed by atoms with Crippen molar-refractivity contribution in [1.29, 1.82) is 0 Å². The minimum atomic E-state index is -1.29. The number of cyclic esters (lactones) is 1. The fourth-order valence-corrected chi connectivity index (χ4v) is 4.33. The minimum Gasteiger partial charge on any atom is -0.507 e. The molecule has 0 aliphatic carbocycles. The first-order valence-corrected chi connectivity index (χ1v) is 12.1. The highest BCUT2D eigenvalue weighted by Crippen LogP contribution is 2.35. The number of esters is 2. The molecule has 11 nitrogen and oxygen atoms in total. The SMILES string of the molecule is COc1cc(O)c2c(c1C)C(=O)OC[C@H](NC(=O)OC(C)(C)C)C(=O)N[C@H](COC(C)=O)CSC2. The Bertz CT molecular complexity index is 975. The first-order valence-electron chi connectivity index (χ1n) is 10.9. The smallest absolute Gasteiger partial charge is 0.408 e. The number of hydrogen-bond donors (Lipinski definition) is 3. The van der Waals surface area contributed by atoms with Crippen LogP contribution < -0.4 is 15.4 Å². The molecule has 1 aromatic carbocycles. The van der Waals surface area contributed by atoms with Gasteiger partial charge in [-0.05, 0) is 27.7 Å². The lowest BCUT2D eigenvalue weighted by Crippen LogP contribution is -2.54. The van der Waals surface area contributed by atoms with E-state index in [0.717, 1.165) is 0 Å². The molecule has 0 fully saturated rings. The Morgan fingerprint density at radius 2 is 2.00 bits per heavy atom. The summed E-state index contributed by atoms with van der Waals surface area (Å²) in [5.41, 5.74) is 0.0952. The normalized spacial score (nSPS) is 19.1. The first kappa shape index (κ1) is 28.1. The van der Waals surface area contributed by atoms with Crippen molar-refractivity contribution in [2.75, 3.05) is 26.1 Å². The van der Waals surface area contributed by atoms with E-state index in [2.05, 4.69) is 10.6 Å². The second kappa shape index (κ2) is 12.0. The van der Waals surface area contributed by atoms with Crippen molar-refractivity contribution in [3.8, 4) is 11.5 Å². The second-order valence-electron chi connectivity index (χ2n) is 8.90. The number of benzene rings is 1. The molecule has 1 aliphatic heterocycles. The number of methoxy groups -OCH3 is 1. The Morgan fingerprint density at radius 1 is 1.31 bits per heavy atom. The third-order valence-electron chi connectivity index (χ3n) is 4.84. The van der Waals surface area contributed by atoms with Gasteiger partial charge in [0.25, 0.3) is 0 Å². The highest BCUT2D eigenvalue weighted by atomic mass is 32.2. The number of phenols is 1. The lowest BCUT2D eigenvalue weighted by atomic mass is 10.0. The van der Waals surface area contributed by atoms with Gasteiger partial charge in [0.2, 0.25) is 5.91 Å². The number of fused-ring (bicyclic) bond motifs is 1. The number of rotatable bonds is 4. The van der Waals surface area contributed by atoms with E-state index in [4.69, 9.17) is 18.9 Å². The van der Waals surface area contributed by atoms with Crippen molar-refractivity contribution in [2.45, 2.75) is 58.1 Å². The molecule has 194 valence electrons. The van der Waals surface area contributed by atoms with Crippen molar-refractivity contribution in [2.24, 2.45) is 0 Å². The summed E-state index contributed by atoms with van der Waals surface area (Å²) in [4.78, 5) is 49.7. The Labute approximate surface area is 208 Å². The van der Waals surface area contributed by atoms with Gasteiger partial charge in [-0.25, -0.2) is 9.59 Å². The first-order chi connectivity index (χ1) is 16.3. The van der Waals surface area contributed by atoms with Crippen LogP contribution in [0.2, 0.25) is 0 Å². The number of ether oxygens (including phenoxy) is 4. The number of nitrogens with one attached hydrogen (secondary N) is 2. The summed E-state index contributed by atoms with van der Waals surface area (Å²) in [6, 6.07) is -0.487. The molecular weight excluding hydrogens is 480 g/mol. The van der Waals surface area contributed by atoms with E-state index in [0.29, 0.717) is 16.9 Å². The summed E-state index contributed by atoms with van der Waals surface area (Å²) in [7, 11) is 1.41. The lowest BCUT2D eigenvalue weighted by Gasteiger charge is -2.26. The van der Waals surface area contributed by atoms with Crippen LogP contribution >= 0.6 is 11.8 Å². The number of phenolic OH excluding ortho intramolecular Hbond substituents is 1. The van der Waals surface area contributed by atoms with Gasteiger partial charge >= 0.3 is 18.0 Å². The molecule has 12 heteroatoms. The van der Waals surface area contributed by atoms with Gasteiger partial charge in [-0.15, -0.1) is 0 Å². The molecule has 1 aliphatic rings. The standard InChI is InChI=1S/C23H32N2O9S/c1-12-18(31-6)7-17(27)15-11-35-10-14(8-32-13(2)26)24-20(28)16(9-33-21(29)19(12)15)25-22(30)34-23(3,4)5/h7,14,16,27H,8-11H2,1-6H3,(H,24,28)(H,25,30)/t14-,16+/m1/s1. The Morgan fingerprint density at radius 3 is 2.60 bits per heavy atom. The predicted octanol–water partition coefficient (Wildman–Crippen LogP) is 2.05. The molecule has 0 unspecified atom stereocenters. The summed E-state index contributed by atoms with van der Waals surface area (Å²) in [5, 5.41) is 15.7. The zero-order chi connectivity index (χ0) is 26.3. The number of hydrogen-bond acceptors (Lipinski definition) is 10. The van der Waals surface area contributed by atoms with Crippen LogP contribution in [0.3, 0.4) is 0 Å². The van der Waals surface area contributed by atoms with Crippen LogP contribution in [0.5, 0.6) is 11.5 Å². The van der Waals surface area contributed by atoms with E-state index < -0.39 is 48.2 Å². The van der Waals surface area contributed by atoms with E-state index >= 15 is 0 Å². The molecule has 0 radical (unpaired) electrons. The number of carbonyl (C=O) groups is 4. The maximum absolute atomic E-state index is 13.0. The highest BCUT2D eigenvalue weighted by Gasteiger charge is 2.30. The van der Waals surface area contributed by atoms with Gasteiger partial charge in [0.05, 0.1) is 18.7 Å². The summed E-state index contributed by atoms with van der Waals surface area (Å²) in [6.45, 7) is 7.29. The molecule has 0 aromatic heterocycles. The van der Waals surface area contributed by atoms with E-state index in [9.17, 15) is 24.3 Å². The van der Waals surface area contributed by atoms with Crippen LogP contribution in [0.15, 0.2) is 6.07 Å². The molecule has 0 saturated carbocycles. The third-order valence-corrected chi connectivity index (χ3v) is 5.97. The van der Waals surface area contributed by atoms with Crippen LogP contribution in [0.1, 0.15) is 49.2 Å². The van der Waals surface area contributed by atoms with Crippen LogP contribution in [0.25, 0.3) is 0 Å². The van der Waals surface area contributed by atoms with Crippen molar-refractivity contribution < 1.29 is 43.2 Å². The number of amides is 2. The van der Waals surface area contributed by atoms with Crippen LogP contribution in [-0.4, -0.2) is 72.8 Å². The van der Waals surface area contributed by atoms with E-state index in [1.807, 2.05) is 0 Å². The van der Waals surface area contributed by atoms with Crippen molar-refractivity contribution in [3.63, 3.8) is 0 Å². The quantitative estimate of drug-likeness (QED) is 0.404. The number of alkyl carbamates (subject to hydrolysis) is 1. The van der Waals surface area contributed by atoms with Crippen LogP contribution in [0, 0.1) is 6.92 Å². The average Bonchev–Trinajstić information content (AvgIpc) is 2.74. The maximum Gasteiger partial charge on any atom is 0.408 e. The Hall–Kier alpha value is -3.15. The highest BCUT2D eigenvalue weighted by molar-refractivity contribution is 7.98. The van der Waals surface area contributed by atoms with E-state index in [1.54, 1.807) is 27.7 Å². The Kier molecular flexibility index (Phi) is 9.64. The largest absolute Gasteiger partial charge is 0.507 e. The van der Waals surface area contributed by atoms with Crippen molar-refractivity contribution in [3.05, 3.63) is 22.8 Å². The van der Waals surface area contributed by atoms with E-state index in [1.165, 1.54) is 31.9 Å². The zero-order valence-electron chi connectivity index (χ0n) is 20.7. The third kappa shape index (κ3) is 8.23.